The van der Waals surface area contributed by atoms with Crippen molar-refractivity contribution in [3.63, 3.8) is 0 Å². The molecule has 1 aliphatic heterocycles. The van der Waals surface area contributed by atoms with E-state index in [0.29, 0.717) is 0 Å². The molecule has 0 aliphatic carbocycles. The smallest absolute Gasteiger partial charge is 0.141 e. The highest BCUT2D eigenvalue weighted by Gasteiger charge is 2.05. The molecule has 0 spiro atoms. The molecule has 1 N–H and O–H groups in total. The molecule has 1 aromatic rings. The van der Waals surface area contributed by atoms with Crippen molar-refractivity contribution in [2.45, 2.75) is 0 Å². The number of nitrogens with zero attached hydrogens (tertiary/aromatic N) is 1. The fourth-order valence-electron chi connectivity index (χ4n) is 0.889. The fraction of sp³-hybridized carbons (Fsp3) is 0. The van der Waals surface area contributed by atoms with E-state index in [1.54, 1.807) is 5.01 Å². The highest BCUT2D eigenvalue weighted by Crippen LogP contribution is 2.12. The molecule has 0 unspecified atom stereocenters. The maximum atomic E-state index is 4.75. The lowest BCUT2D eigenvalue weighted by Crippen LogP contribution is -2.27. The Morgan fingerprint density at radius 2 is 2.09 bits per heavy atom. The zero-order valence-corrected chi connectivity index (χ0v) is 5.82. The van der Waals surface area contributed by atoms with Crippen molar-refractivity contribution in [3.8, 4) is 0 Å². The van der Waals surface area contributed by atoms with Crippen LogP contribution in [0, 0.1) is 6.20 Å². The van der Waals surface area contributed by atoms with Gasteiger partial charge in [0.05, 0.1) is 5.69 Å². The first-order chi connectivity index (χ1) is 5.47. The van der Waals surface area contributed by atoms with E-state index < -0.39 is 0 Å². The molecular formula is C8H7N2O. The molecule has 11 heavy (non-hydrogen) atoms. The Labute approximate surface area is 64.8 Å². The van der Waals surface area contributed by atoms with E-state index in [1.807, 2.05) is 30.3 Å². The van der Waals surface area contributed by atoms with Gasteiger partial charge in [0, 0.05) is 0 Å². The summed E-state index contributed by atoms with van der Waals surface area (Å²) in [5, 5.41) is 1.67. The molecular weight excluding hydrogens is 140 g/mol. The maximum Gasteiger partial charge on any atom is 0.141 e. The molecule has 1 aromatic carbocycles. The van der Waals surface area contributed by atoms with Gasteiger partial charge in [-0.25, -0.2) is 5.01 Å². The van der Waals surface area contributed by atoms with Gasteiger partial charge in [0.2, 0.25) is 0 Å². The van der Waals surface area contributed by atoms with Gasteiger partial charge in [-0.05, 0) is 12.1 Å². The van der Waals surface area contributed by atoms with Crippen LogP contribution in [0.15, 0.2) is 36.6 Å². The van der Waals surface area contributed by atoms with Gasteiger partial charge >= 0.3 is 0 Å². The third-order valence-electron chi connectivity index (χ3n) is 1.40. The number of para-hydroxylation sites is 1. The summed E-state index contributed by atoms with van der Waals surface area (Å²) in [6.45, 7) is 0. The lowest BCUT2D eigenvalue weighted by Gasteiger charge is -2.11. The average molecular weight is 147 g/mol. The van der Waals surface area contributed by atoms with Crippen molar-refractivity contribution >= 4 is 5.69 Å². The number of nitrogens with one attached hydrogen (secondary N) is 1. The van der Waals surface area contributed by atoms with E-state index in [1.165, 1.54) is 6.26 Å². The number of hydrazine groups is 1. The molecule has 2 rings (SSSR count). The molecule has 0 bridgehead atoms. The number of rotatable bonds is 1. The van der Waals surface area contributed by atoms with Crippen molar-refractivity contribution in [2.75, 3.05) is 5.01 Å². The summed E-state index contributed by atoms with van der Waals surface area (Å²) in [6.07, 6.45) is 4.31. The largest absolute Gasteiger partial charge is 0.394 e. The predicted molar refractivity (Wildman–Crippen MR) is 41.0 cm³/mol. The van der Waals surface area contributed by atoms with Crippen LogP contribution in [0.5, 0.6) is 0 Å². The number of benzene rings is 1. The molecule has 1 heterocycles. The highest BCUT2D eigenvalue weighted by atomic mass is 16.7. The summed E-state index contributed by atoms with van der Waals surface area (Å²) < 4.78 is 0. The van der Waals surface area contributed by atoms with Gasteiger partial charge in [-0.1, -0.05) is 23.8 Å². The summed E-state index contributed by atoms with van der Waals surface area (Å²) in [6, 6.07) is 9.79. The monoisotopic (exact) mass is 147 g/mol. The summed E-state index contributed by atoms with van der Waals surface area (Å²) in [7, 11) is 0. The van der Waals surface area contributed by atoms with E-state index in [-0.39, 0.29) is 0 Å². The first-order valence-corrected chi connectivity index (χ1v) is 3.31. The zero-order chi connectivity index (χ0) is 7.52. The van der Waals surface area contributed by atoms with Crippen LogP contribution in [0.25, 0.3) is 0 Å². The lowest BCUT2D eigenvalue weighted by atomic mass is 10.3. The Morgan fingerprint density at radius 1 is 1.27 bits per heavy atom. The highest BCUT2D eigenvalue weighted by molar-refractivity contribution is 5.46. The van der Waals surface area contributed by atoms with E-state index in [4.69, 9.17) is 4.84 Å². The van der Waals surface area contributed by atoms with Crippen LogP contribution in [-0.4, -0.2) is 0 Å². The molecule has 0 fully saturated rings. The van der Waals surface area contributed by atoms with Gasteiger partial charge in [0.25, 0.3) is 0 Å². The van der Waals surface area contributed by atoms with E-state index in [9.17, 15) is 0 Å². The maximum absolute atomic E-state index is 4.75. The Hall–Kier alpha value is -1.48. The fourth-order valence-corrected chi connectivity index (χ4v) is 0.889. The van der Waals surface area contributed by atoms with Crippen LogP contribution >= 0.6 is 0 Å². The molecule has 1 aliphatic rings. The van der Waals surface area contributed by atoms with Crippen LogP contribution < -0.4 is 10.6 Å². The number of hydrogen-bond acceptors (Lipinski definition) is 3. The Balaban J connectivity index is 2.23. The quantitative estimate of drug-likeness (QED) is 0.646. The Kier molecular flexibility index (Phi) is 1.50. The molecule has 0 saturated heterocycles. The van der Waals surface area contributed by atoms with Crippen LogP contribution in [0.3, 0.4) is 0 Å². The second-order valence-corrected chi connectivity index (χ2v) is 2.13. The van der Waals surface area contributed by atoms with Gasteiger partial charge in [0.15, 0.2) is 0 Å². The third kappa shape index (κ3) is 1.18. The molecule has 0 aromatic heterocycles. The van der Waals surface area contributed by atoms with Crippen molar-refractivity contribution < 1.29 is 4.84 Å². The molecule has 0 atom stereocenters. The SMILES string of the molecule is [C]1=CONN1c1ccccc1. The Morgan fingerprint density at radius 3 is 2.73 bits per heavy atom. The van der Waals surface area contributed by atoms with Crippen LogP contribution in [-0.2, 0) is 4.84 Å². The molecule has 0 amide bonds. The normalized spacial score (nSPS) is 15.1. The molecule has 0 saturated carbocycles. The lowest BCUT2D eigenvalue weighted by molar-refractivity contribution is 0.159. The average Bonchev–Trinajstić information content (AvgIpc) is 2.58. The third-order valence-corrected chi connectivity index (χ3v) is 1.40. The predicted octanol–water partition coefficient (Wildman–Crippen LogP) is 1.22. The summed E-state index contributed by atoms with van der Waals surface area (Å²) in [5.41, 5.74) is 3.64. The standard InChI is InChI=1S/C8H7N2O/c1-2-4-8(5-3-1)10-6-7-11-9-10/h1-5,7,9H. The zero-order valence-electron chi connectivity index (χ0n) is 5.82. The molecule has 3 heteroatoms. The van der Waals surface area contributed by atoms with Gasteiger partial charge < -0.3 is 4.84 Å². The molecule has 1 radical (unpaired) electrons. The van der Waals surface area contributed by atoms with Crippen molar-refractivity contribution in [2.24, 2.45) is 0 Å². The summed E-state index contributed by atoms with van der Waals surface area (Å²) in [5.74, 6) is 0. The minimum absolute atomic E-state index is 1.00. The minimum atomic E-state index is 1.00. The van der Waals surface area contributed by atoms with Crippen molar-refractivity contribution in [1.29, 1.82) is 0 Å². The van der Waals surface area contributed by atoms with Gasteiger partial charge in [-0.3, -0.25) is 0 Å². The Bertz CT molecular complexity index is 258. The second-order valence-electron chi connectivity index (χ2n) is 2.13. The topological polar surface area (TPSA) is 24.5 Å². The van der Waals surface area contributed by atoms with Crippen LogP contribution in [0.4, 0.5) is 5.69 Å². The van der Waals surface area contributed by atoms with Gasteiger partial charge in [-0.15, -0.1) is 0 Å². The van der Waals surface area contributed by atoms with Crippen molar-refractivity contribution in [3.05, 3.63) is 42.8 Å². The van der Waals surface area contributed by atoms with E-state index >= 15 is 0 Å². The number of hydrogen-bond donors (Lipinski definition) is 1. The summed E-state index contributed by atoms with van der Waals surface area (Å²) >= 11 is 0. The first kappa shape index (κ1) is 6.24. The minimum Gasteiger partial charge on any atom is -0.394 e. The van der Waals surface area contributed by atoms with Crippen molar-refractivity contribution in [1.82, 2.24) is 5.59 Å². The van der Waals surface area contributed by atoms with Crippen LogP contribution in [0.2, 0.25) is 0 Å². The number of anilines is 1. The van der Waals surface area contributed by atoms with E-state index in [0.717, 1.165) is 5.69 Å². The second kappa shape index (κ2) is 2.64. The van der Waals surface area contributed by atoms with E-state index in [2.05, 4.69) is 11.8 Å². The van der Waals surface area contributed by atoms with Gasteiger partial charge in [-0.2, -0.15) is 0 Å². The first-order valence-electron chi connectivity index (χ1n) is 3.31. The molecule has 3 nitrogen and oxygen atoms in total. The van der Waals surface area contributed by atoms with Gasteiger partial charge in [0.1, 0.15) is 12.5 Å². The van der Waals surface area contributed by atoms with Crippen LogP contribution in [0.1, 0.15) is 0 Å². The molecule has 55 valence electrons. The summed E-state index contributed by atoms with van der Waals surface area (Å²) in [4.78, 5) is 4.75.